The van der Waals surface area contributed by atoms with Gasteiger partial charge >= 0.3 is 5.97 Å². The molecule has 0 radical (unpaired) electrons. The van der Waals surface area contributed by atoms with Crippen molar-refractivity contribution in [3.8, 4) is 11.8 Å². The SMILES string of the molecule is Cc1ccc(C(CC#Cc2ccccc2)C(=O)O)cc1. The fraction of sp³-hybridized carbons (Fsp3) is 0.167. The number of benzene rings is 2. The van der Waals surface area contributed by atoms with E-state index in [0.29, 0.717) is 6.42 Å². The molecule has 0 heterocycles. The van der Waals surface area contributed by atoms with Gasteiger partial charge in [-0.25, -0.2) is 0 Å². The Balaban J connectivity index is 2.13. The molecular weight excluding hydrogens is 248 g/mol. The van der Waals surface area contributed by atoms with Crippen LogP contribution in [0.15, 0.2) is 54.6 Å². The summed E-state index contributed by atoms with van der Waals surface area (Å²) in [6.07, 6.45) is 0.313. The Morgan fingerprint density at radius 1 is 1.10 bits per heavy atom. The Morgan fingerprint density at radius 2 is 1.75 bits per heavy atom. The number of aryl methyl sites for hydroxylation is 1. The van der Waals surface area contributed by atoms with Crippen LogP contribution in [0.5, 0.6) is 0 Å². The number of hydrogen-bond acceptors (Lipinski definition) is 1. The first kappa shape index (κ1) is 13.9. The summed E-state index contributed by atoms with van der Waals surface area (Å²) in [5, 5.41) is 9.33. The molecule has 2 rings (SSSR count). The van der Waals surface area contributed by atoms with Crippen LogP contribution in [-0.4, -0.2) is 11.1 Å². The van der Waals surface area contributed by atoms with Crippen molar-refractivity contribution in [2.45, 2.75) is 19.3 Å². The summed E-state index contributed by atoms with van der Waals surface area (Å²) in [6.45, 7) is 1.98. The van der Waals surface area contributed by atoms with Crippen molar-refractivity contribution in [2.24, 2.45) is 0 Å². The van der Waals surface area contributed by atoms with Crippen LogP contribution < -0.4 is 0 Å². The van der Waals surface area contributed by atoms with Gasteiger partial charge < -0.3 is 5.11 Å². The van der Waals surface area contributed by atoms with E-state index in [-0.39, 0.29) is 0 Å². The van der Waals surface area contributed by atoms with Crippen LogP contribution in [0.1, 0.15) is 29.0 Å². The van der Waals surface area contributed by atoms with Crippen molar-refractivity contribution in [3.63, 3.8) is 0 Å². The Hall–Kier alpha value is -2.53. The summed E-state index contributed by atoms with van der Waals surface area (Å²) in [5.41, 5.74) is 2.82. The monoisotopic (exact) mass is 264 g/mol. The van der Waals surface area contributed by atoms with Crippen LogP contribution in [0.3, 0.4) is 0 Å². The van der Waals surface area contributed by atoms with Crippen LogP contribution in [0, 0.1) is 18.8 Å². The lowest BCUT2D eigenvalue weighted by molar-refractivity contribution is -0.138. The van der Waals surface area contributed by atoms with Crippen LogP contribution in [0.4, 0.5) is 0 Å². The molecule has 1 N–H and O–H groups in total. The second-order valence-corrected chi connectivity index (χ2v) is 4.67. The molecule has 0 saturated carbocycles. The first-order chi connectivity index (χ1) is 9.66. The molecule has 0 fully saturated rings. The summed E-state index contributed by atoms with van der Waals surface area (Å²) >= 11 is 0. The van der Waals surface area contributed by atoms with Crippen LogP contribution in [0.25, 0.3) is 0 Å². The van der Waals surface area contributed by atoms with Crippen LogP contribution in [0.2, 0.25) is 0 Å². The van der Waals surface area contributed by atoms with Gasteiger partial charge in [0.25, 0.3) is 0 Å². The lowest BCUT2D eigenvalue weighted by atomic mass is 9.95. The second kappa shape index (κ2) is 6.58. The predicted molar refractivity (Wildman–Crippen MR) is 79.5 cm³/mol. The van der Waals surface area contributed by atoms with Gasteiger partial charge in [-0.1, -0.05) is 59.9 Å². The molecule has 0 amide bonds. The van der Waals surface area contributed by atoms with E-state index >= 15 is 0 Å². The standard InChI is InChI=1S/C18H16O2/c1-14-10-12-16(13-11-14)17(18(19)20)9-5-8-15-6-3-2-4-7-15/h2-4,6-7,10-13,17H,9H2,1H3,(H,19,20). The van der Waals surface area contributed by atoms with E-state index in [1.165, 1.54) is 0 Å². The second-order valence-electron chi connectivity index (χ2n) is 4.67. The maximum Gasteiger partial charge on any atom is 0.311 e. The highest BCUT2D eigenvalue weighted by Gasteiger charge is 2.18. The molecule has 0 bridgehead atoms. The van der Waals surface area contributed by atoms with E-state index in [9.17, 15) is 9.90 Å². The predicted octanol–water partition coefficient (Wildman–Crippen LogP) is 3.61. The third-order valence-corrected chi connectivity index (χ3v) is 3.09. The fourth-order valence-corrected chi connectivity index (χ4v) is 1.92. The van der Waals surface area contributed by atoms with E-state index in [2.05, 4.69) is 11.8 Å². The Labute approximate surface area is 119 Å². The minimum atomic E-state index is -0.837. The molecule has 0 saturated heterocycles. The zero-order chi connectivity index (χ0) is 14.4. The number of carboxylic acid groups (broad SMARTS) is 1. The molecule has 0 spiro atoms. The van der Waals surface area contributed by atoms with Gasteiger partial charge in [0.15, 0.2) is 0 Å². The highest BCUT2D eigenvalue weighted by molar-refractivity contribution is 5.76. The summed E-state index contributed by atoms with van der Waals surface area (Å²) in [6, 6.07) is 17.2. The average molecular weight is 264 g/mol. The highest BCUT2D eigenvalue weighted by Crippen LogP contribution is 2.20. The molecule has 2 aromatic rings. The van der Waals surface area contributed by atoms with Gasteiger partial charge in [-0.3, -0.25) is 4.79 Å². The maximum atomic E-state index is 11.4. The molecule has 2 aromatic carbocycles. The summed E-state index contributed by atoms with van der Waals surface area (Å²) in [7, 11) is 0. The van der Waals surface area contributed by atoms with E-state index in [0.717, 1.165) is 16.7 Å². The summed E-state index contributed by atoms with van der Waals surface area (Å²) in [4.78, 5) is 11.4. The van der Waals surface area contributed by atoms with Crippen molar-refractivity contribution in [1.29, 1.82) is 0 Å². The van der Waals surface area contributed by atoms with Gasteiger partial charge in [-0.05, 0) is 24.6 Å². The lowest BCUT2D eigenvalue weighted by Gasteiger charge is -2.09. The first-order valence-corrected chi connectivity index (χ1v) is 6.50. The van der Waals surface area contributed by atoms with E-state index in [4.69, 9.17) is 0 Å². The smallest absolute Gasteiger partial charge is 0.311 e. The third-order valence-electron chi connectivity index (χ3n) is 3.09. The van der Waals surface area contributed by atoms with Crippen molar-refractivity contribution >= 4 is 5.97 Å². The van der Waals surface area contributed by atoms with Gasteiger partial charge in [0.2, 0.25) is 0 Å². The van der Waals surface area contributed by atoms with Crippen LogP contribution in [-0.2, 0) is 4.79 Å². The number of aliphatic carboxylic acids is 1. The van der Waals surface area contributed by atoms with E-state index in [1.807, 2.05) is 61.5 Å². The topological polar surface area (TPSA) is 37.3 Å². The summed E-state index contributed by atoms with van der Waals surface area (Å²) < 4.78 is 0. The van der Waals surface area contributed by atoms with E-state index < -0.39 is 11.9 Å². The third kappa shape index (κ3) is 3.73. The summed E-state index contributed by atoms with van der Waals surface area (Å²) in [5.74, 6) is 4.55. The zero-order valence-corrected chi connectivity index (χ0v) is 11.3. The van der Waals surface area contributed by atoms with Crippen molar-refractivity contribution in [1.82, 2.24) is 0 Å². The quantitative estimate of drug-likeness (QED) is 0.860. The molecule has 0 aliphatic carbocycles. The van der Waals surface area contributed by atoms with Crippen molar-refractivity contribution in [2.75, 3.05) is 0 Å². The lowest BCUT2D eigenvalue weighted by Crippen LogP contribution is -2.10. The van der Waals surface area contributed by atoms with Gasteiger partial charge in [0.05, 0.1) is 5.92 Å². The van der Waals surface area contributed by atoms with Gasteiger partial charge in [0, 0.05) is 12.0 Å². The Kier molecular flexibility index (Phi) is 4.57. The largest absolute Gasteiger partial charge is 0.481 e. The van der Waals surface area contributed by atoms with Crippen molar-refractivity contribution < 1.29 is 9.90 Å². The average Bonchev–Trinajstić information content (AvgIpc) is 2.46. The zero-order valence-electron chi connectivity index (χ0n) is 11.3. The Morgan fingerprint density at radius 3 is 2.35 bits per heavy atom. The number of carbonyl (C=O) groups is 1. The van der Waals surface area contributed by atoms with Gasteiger partial charge in [-0.2, -0.15) is 0 Å². The molecule has 0 aliphatic rings. The molecule has 0 aromatic heterocycles. The van der Waals surface area contributed by atoms with Crippen molar-refractivity contribution in [3.05, 3.63) is 71.3 Å². The molecule has 100 valence electrons. The Bertz CT molecular complexity index is 631. The maximum absolute atomic E-state index is 11.4. The minimum Gasteiger partial charge on any atom is -0.481 e. The minimum absolute atomic E-state index is 0.313. The number of hydrogen-bond donors (Lipinski definition) is 1. The fourth-order valence-electron chi connectivity index (χ4n) is 1.92. The number of carboxylic acids is 1. The van der Waals surface area contributed by atoms with Gasteiger partial charge in [-0.15, -0.1) is 0 Å². The van der Waals surface area contributed by atoms with E-state index in [1.54, 1.807) is 0 Å². The molecule has 1 atom stereocenters. The molecule has 2 nitrogen and oxygen atoms in total. The first-order valence-electron chi connectivity index (χ1n) is 6.50. The molecule has 1 unspecified atom stereocenters. The molecule has 20 heavy (non-hydrogen) atoms. The molecule has 2 heteroatoms. The van der Waals surface area contributed by atoms with Gasteiger partial charge in [0.1, 0.15) is 0 Å². The highest BCUT2D eigenvalue weighted by atomic mass is 16.4. The normalized spacial score (nSPS) is 11.2. The molecule has 0 aliphatic heterocycles. The van der Waals surface area contributed by atoms with Crippen LogP contribution >= 0.6 is 0 Å². The number of rotatable bonds is 3. The molecular formula is C18H16O2.